The fourth-order valence-corrected chi connectivity index (χ4v) is 2.59. The van der Waals surface area contributed by atoms with E-state index in [1.165, 1.54) is 0 Å². The van der Waals surface area contributed by atoms with Crippen LogP contribution in [0.5, 0.6) is 17.2 Å². The maximum atomic E-state index is 12.5. The number of carbonyl (C=O) groups excluding carboxylic acids is 1. The average molecular weight is 410 g/mol. The number of ether oxygens (including phenoxy) is 4. The van der Waals surface area contributed by atoms with Gasteiger partial charge in [0, 0.05) is 18.7 Å². The van der Waals surface area contributed by atoms with Gasteiger partial charge in [0.15, 0.2) is 0 Å². The van der Waals surface area contributed by atoms with Gasteiger partial charge in [0.1, 0.15) is 23.9 Å². The molecule has 6 nitrogen and oxygen atoms in total. The standard InChI is InChI=1S/C18H20BrNO5/c1-22-8-9-25-16-6-4-12(10-14(16)19)18(21)20-15-11-13(23-2)5-7-17(15)24-3/h4-7,10-11H,8-9H2,1-3H3,(H,20,21). The van der Waals surface area contributed by atoms with Crippen molar-refractivity contribution in [1.29, 1.82) is 0 Å². The summed E-state index contributed by atoms with van der Waals surface area (Å²) in [4.78, 5) is 12.5. The molecule has 2 rings (SSSR count). The van der Waals surface area contributed by atoms with Crippen molar-refractivity contribution in [2.24, 2.45) is 0 Å². The zero-order valence-corrected chi connectivity index (χ0v) is 15.9. The van der Waals surface area contributed by atoms with Gasteiger partial charge in [-0.25, -0.2) is 0 Å². The summed E-state index contributed by atoms with van der Waals surface area (Å²) in [5.74, 6) is 1.55. The van der Waals surface area contributed by atoms with E-state index in [2.05, 4.69) is 21.2 Å². The molecule has 2 aromatic rings. The van der Waals surface area contributed by atoms with Crippen molar-refractivity contribution < 1.29 is 23.7 Å². The van der Waals surface area contributed by atoms with Crippen LogP contribution >= 0.6 is 15.9 Å². The molecule has 7 heteroatoms. The molecule has 134 valence electrons. The second kappa shape index (κ2) is 9.29. The molecule has 0 spiro atoms. The van der Waals surface area contributed by atoms with Crippen LogP contribution in [0.4, 0.5) is 5.69 Å². The summed E-state index contributed by atoms with van der Waals surface area (Å²) in [6, 6.07) is 10.3. The van der Waals surface area contributed by atoms with Crippen LogP contribution in [0.15, 0.2) is 40.9 Å². The van der Waals surface area contributed by atoms with Gasteiger partial charge < -0.3 is 24.3 Å². The summed E-state index contributed by atoms with van der Waals surface area (Å²) in [6.07, 6.45) is 0. The minimum Gasteiger partial charge on any atom is -0.497 e. The zero-order valence-electron chi connectivity index (χ0n) is 14.3. The van der Waals surface area contributed by atoms with Gasteiger partial charge >= 0.3 is 0 Å². The summed E-state index contributed by atoms with van der Waals surface area (Å²) in [7, 11) is 4.71. The molecule has 0 saturated carbocycles. The van der Waals surface area contributed by atoms with Crippen LogP contribution in [0.25, 0.3) is 0 Å². The lowest BCUT2D eigenvalue weighted by molar-refractivity contribution is 0.102. The summed E-state index contributed by atoms with van der Waals surface area (Å²) < 4.78 is 21.6. The van der Waals surface area contributed by atoms with E-state index in [0.717, 1.165) is 0 Å². The molecule has 0 saturated heterocycles. The molecule has 0 aliphatic rings. The Bertz CT molecular complexity index is 735. The van der Waals surface area contributed by atoms with E-state index in [0.29, 0.717) is 46.2 Å². The Morgan fingerprint density at radius 3 is 2.40 bits per heavy atom. The third-order valence-corrected chi connectivity index (χ3v) is 4.01. The highest BCUT2D eigenvalue weighted by Crippen LogP contribution is 2.30. The quantitative estimate of drug-likeness (QED) is 0.672. The van der Waals surface area contributed by atoms with E-state index < -0.39 is 0 Å². The van der Waals surface area contributed by atoms with Gasteiger partial charge in [-0.3, -0.25) is 4.79 Å². The Morgan fingerprint density at radius 2 is 1.76 bits per heavy atom. The van der Waals surface area contributed by atoms with E-state index in [-0.39, 0.29) is 5.91 Å². The summed E-state index contributed by atoms with van der Waals surface area (Å²) >= 11 is 3.41. The number of methoxy groups -OCH3 is 3. The van der Waals surface area contributed by atoms with E-state index in [4.69, 9.17) is 18.9 Å². The SMILES string of the molecule is COCCOc1ccc(C(=O)Nc2cc(OC)ccc2OC)cc1Br. The van der Waals surface area contributed by atoms with Gasteiger partial charge in [0.25, 0.3) is 5.91 Å². The topological polar surface area (TPSA) is 66.0 Å². The largest absolute Gasteiger partial charge is 0.497 e. The molecule has 2 aromatic carbocycles. The Kier molecular flexibility index (Phi) is 7.09. The molecular weight excluding hydrogens is 390 g/mol. The minimum absolute atomic E-state index is 0.268. The number of hydrogen-bond donors (Lipinski definition) is 1. The van der Waals surface area contributed by atoms with Gasteiger partial charge in [-0.1, -0.05) is 0 Å². The van der Waals surface area contributed by atoms with Gasteiger partial charge in [-0.05, 0) is 46.3 Å². The van der Waals surface area contributed by atoms with Crippen LogP contribution in [-0.2, 0) is 4.74 Å². The van der Waals surface area contributed by atoms with Crippen LogP contribution in [0, 0.1) is 0 Å². The zero-order chi connectivity index (χ0) is 18.2. The lowest BCUT2D eigenvalue weighted by atomic mass is 10.2. The Labute approximate surface area is 155 Å². The fourth-order valence-electron chi connectivity index (χ4n) is 2.10. The first-order valence-corrected chi connectivity index (χ1v) is 8.33. The third kappa shape index (κ3) is 5.11. The Morgan fingerprint density at radius 1 is 1.00 bits per heavy atom. The molecule has 0 fully saturated rings. The van der Waals surface area contributed by atoms with Gasteiger partial charge in [0.05, 0.1) is 31.0 Å². The molecule has 1 amide bonds. The molecule has 0 heterocycles. The van der Waals surface area contributed by atoms with Crippen molar-refractivity contribution in [1.82, 2.24) is 0 Å². The molecule has 25 heavy (non-hydrogen) atoms. The Balaban J connectivity index is 2.14. The first-order chi connectivity index (χ1) is 12.1. The highest BCUT2D eigenvalue weighted by Gasteiger charge is 2.13. The van der Waals surface area contributed by atoms with Crippen molar-refractivity contribution >= 4 is 27.5 Å². The second-order valence-electron chi connectivity index (χ2n) is 5.01. The average Bonchev–Trinajstić information content (AvgIpc) is 2.63. The van der Waals surface area contributed by atoms with Crippen LogP contribution in [-0.4, -0.2) is 40.5 Å². The predicted octanol–water partition coefficient (Wildman–Crippen LogP) is 3.74. The van der Waals surface area contributed by atoms with Crippen LogP contribution in [0.3, 0.4) is 0 Å². The molecule has 0 atom stereocenters. The van der Waals surface area contributed by atoms with Crippen LogP contribution < -0.4 is 19.5 Å². The lowest BCUT2D eigenvalue weighted by Gasteiger charge is -2.13. The van der Waals surface area contributed by atoms with E-state index >= 15 is 0 Å². The number of benzene rings is 2. The maximum Gasteiger partial charge on any atom is 0.255 e. The Hall–Kier alpha value is -2.25. The van der Waals surface area contributed by atoms with Crippen LogP contribution in [0.2, 0.25) is 0 Å². The second-order valence-corrected chi connectivity index (χ2v) is 5.86. The fraction of sp³-hybridized carbons (Fsp3) is 0.278. The monoisotopic (exact) mass is 409 g/mol. The highest BCUT2D eigenvalue weighted by molar-refractivity contribution is 9.10. The third-order valence-electron chi connectivity index (χ3n) is 3.39. The molecular formula is C18H20BrNO5. The smallest absolute Gasteiger partial charge is 0.255 e. The van der Waals surface area contributed by atoms with Crippen molar-refractivity contribution in [2.45, 2.75) is 0 Å². The van der Waals surface area contributed by atoms with Crippen molar-refractivity contribution in [3.05, 3.63) is 46.4 Å². The molecule has 1 N–H and O–H groups in total. The molecule has 0 bridgehead atoms. The molecule has 0 unspecified atom stereocenters. The number of hydrogen-bond acceptors (Lipinski definition) is 5. The summed E-state index contributed by atoms with van der Waals surface area (Å²) in [5.41, 5.74) is 1.01. The molecule has 0 aliphatic heterocycles. The first-order valence-electron chi connectivity index (χ1n) is 7.53. The minimum atomic E-state index is -0.268. The molecule has 0 aromatic heterocycles. The van der Waals surface area contributed by atoms with Gasteiger partial charge in [-0.15, -0.1) is 0 Å². The highest BCUT2D eigenvalue weighted by atomic mass is 79.9. The van der Waals surface area contributed by atoms with Crippen molar-refractivity contribution in [2.75, 3.05) is 39.9 Å². The van der Waals surface area contributed by atoms with Crippen molar-refractivity contribution in [3.63, 3.8) is 0 Å². The number of nitrogens with one attached hydrogen (secondary N) is 1. The van der Waals surface area contributed by atoms with E-state index in [9.17, 15) is 4.79 Å². The molecule has 0 radical (unpaired) electrons. The number of carbonyl (C=O) groups is 1. The van der Waals surface area contributed by atoms with Crippen LogP contribution in [0.1, 0.15) is 10.4 Å². The van der Waals surface area contributed by atoms with Gasteiger partial charge in [-0.2, -0.15) is 0 Å². The number of amides is 1. The maximum absolute atomic E-state index is 12.5. The summed E-state index contributed by atoms with van der Waals surface area (Å²) in [6.45, 7) is 0.923. The first kappa shape index (κ1) is 19.1. The number of rotatable bonds is 8. The molecule has 0 aliphatic carbocycles. The number of halogens is 1. The summed E-state index contributed by atoms with van der Waals surface area (Å²) in [5, 5.41) is 2.83. The van der Waals surface area contributed by atoms with Gasteiger partial charge in [0.2, 0.25) is 0 Å². The number of anilines is 1. The lowest BCUT2D eigenvalue weighted by Crippen LogP contribution is -2.13. The van der Waals surface area contributed by atoms with E-state index in [1.54, 1.807) is 57.7 Å². The van der Waals surface area contributed by atoms with Crippen molar-refractivity contribution in [3.8, 4) is 17.2 Å². The predicted molar refractivity (Wildman–Crippen MR) is 99.0 cm³/mol. The normalized spacial score (nSPS) is 10.2. The van der Waals surface area contributed by atoms with E-state index in [1.807, 2.05) is 0 Å².